The molecular formula is C19H24N4O4S. The summed E-state index contributed by atoms with van der Waals surface area (Å²) >= 11 is 0. The van der Waals surface area contributed by atoms with Gasteiger partial charge < -0.3 is 10.0 Å². The number of sulfonamides is 1. The van der Waals surface area contributed by atoms with Crippen LogP contribution >= 0.6 is 0 Å². The fourth-order valence-electron chi connectivity index (χ4n) is 3.22. The number of amides is 1. The molecule has 150 valence electrons. The molecule has 2 heterocycles. The van der Waals surface area contributed by atoms with E-state index in [1.807, 2.05) is 30.3 Å². The quantitative estimate of drug-likeness (QED) is 0.790. The minimum Gasteiger partial charge on any atom is -0.391 e. The van der Waals surface area contributed by atoms with Gasteiger partial charge in [0, 0.05) is 44.9 Å². The van der Waals surface area contributed by atoms with Crippen LogP contribution in [0.1, 0.15) is 16.2 Å². The Morgan fingerprint density at radius 3 is 2.57 bits per heavy atom. The second-order valence-corrected chi connectivity index (χ2v) is 9.37. The summed E-state index contributed by atoms with van der Waals surface area (Å²) in [5.74, 6) is -0.515. The molecule has 2 aromatic rings. The van der Waals surface area contributed by atoms with Crippen molar-refractivity contribution in [3.63, 3.8) is 0 Å². The zero-order valence-electron chi connectivity index (χ0n) is 16.1. The van der Waals surface area contributed by atoms with Gasteiger partial charge in [-0.15, -0.1) is 0 Å². The number of hydrogen-bond acceptors (Lipinski definition) is 6. The van der Waals surface area contributed by atoms with Crippen LogP contribution in [-0.2, 0) is 10.0 Å². The molecule has 1 aromatic carbocycles. The van der Waals surface area contributed by atoms with Crippen LogP contribution in [-0.4, -0.2) is 77.6 Å². The maximum absolute atomic E-state index is 13.1. The number of aliphatic hydroxyl groups excluding tert-OH is 1. The maximum Gasteiger partial charge on any atom is 0.257 e. The van der Waals surface area contributed by atoms with E-state index >= 15 is 0 Å². The maximum atomic E-state index is 13.1. The number of aromatic nitrogens is 2. The van der Waals surface area contributed by atoms with Crippen LogP contribution in [0.2, 0.25) is 0 Å². The average Bonchev–Trinajstić information content (AvgIpc) is 3.01. The number of aliphatic hydroxyl groups is 1. The Morgan fingerprint density at radius 1 is 1.25 bits per heavy atom. The van der Waals surface area contributed by atoms with Crippen molar-refractivity contribution in [1.29, 1.82) is 0 Å². The van der Waals surface area contributed by atoms with Crippen molar-refractivity contribution in [3.05, 3.63) is 47.9 Å². The van der Waals surface area contributed by atoms with Crippen LogP contribution in [0, 0.1) is 12.8 Å². The Kier molecular flexibility index (Phi) is 5.78. The third-order valence-corrected chi connectivity index (χ3v) is 6.82. The molecule has 8 nitrogen and oxygen atoms in total. The van der Waals surface area contributed by atoms with Gasteiger partial charge in [0.2, 0.25) is 10.0 Å². The Bertz CT molecular complexity index is 963. The Hall–Kier alpha value is -2.36. The summed E-state index contributed by atoms with van der Waals surface area (Å²) in [5, 5.41) is 10.3. The molecule has 0 unspecified atom stereocenters. The van der Waals surface area contributed by atoms with Crippen molar-refractivity contribution in [2.45, 2.75) is 13.0 Å². The van der Waals surface area contributed by atoms with Gasteiger partial charge in [-0.1, -0.05) is 30.3 Å². The Morgan fingerprint density at radius 2 is 1.93 bits per heavy atom. The highest BCUT2D eigenvalue weighted by molar-refractivity contribution is 7.89. The first-order valence-electron chi connectivity index (χ1n) is 8.95. The molecule has 0 saturated carbocycles. The monoisotopic (exact) mass is 404 g/mol. The second-order valence-electron chi connectivity index (χ2n) is 7.14. The van der Waals surface area contributed by atoms with Crippen molar-refractivity contribution in [2.75, 3.05) is 32.9 Å². The highest BCUT2D eigenvalue weighted by Gasteiger charge is 2.38. The second kappa shape index (κ2) is 7.94. The molecule has 0 bridgehead atoms. The third-order valence-electron chi connectivity index (χ3n) is 4.86. The van der Waals surface area contributed by atoms with Crippen molar-refractivity contribution < 1.29 is 18.3 Å². The standard InChI is InChI=1S/C19H24N4O4S/c1-13-20-9-16(18(21-13)14-7-5-4-6-8-14)19(25)23-10-15(17(24)11-23)12-28(26,27)22(2)3/h4-9,15,17,24H,10-12H2,1-3H3/t15-,17+/m0/s1. The lowest BCUT2D eigenvalue weighted by molar-refractivity contribution is 0.0764. The molecule has 28 heavy (non-hydrogen) atoms. The molecule has 0 radical (unpaired) electrons. The van der Waals surface area contributed by atoms with Crippen LogP contribution in [0.5, 0.6) is 0 Å². The van der Waals surface area contributed by atoms with Gasteiger partial charge in [0.15, 0.2) is 0 Å². The van der Waals surface area contributed by atoms with Gasteiger partial charge in [-0.2, -0.15) is 0 Å². The summed E-state index contributed by atoms with van der Waals surface area (Å²) in [6, 6.07) is 9.34. The first-order chi connectivity index (χ1) is 13.2. The molecule has 0 spiro atoms. The van der Waals surface area contributed by atoms with Crippen molar-refractivity contribution in [2.24, 2.45) is 5.92 Å². The van der Waals surface area contributed by atoms with Gasteiger partial charge >= 0.3 is 0 Å². The van der Waals surface area contributed by atoms with E-state index in [0.717, 1.165) is 9.87 Å². The number of hydrogen-bond donors (Lipinski definition) is 1. The van der Waals surface area contributed by atoms with Gasteiger partial charge in [0.25, 0.3) is 5.91 Å². The number of carbonyl (C=O) groups is 1. The zero-order valence-corrected chi connectivity index (χ0v) is 16.9. The van der Waals surface area contributed by atoms with Crippen LogP contribution in [0.4, 0.5) is 0 Å². The minimum absolute atomic E-state index is 0.0779. The van der Waals surface area contributed by atoms with E-state index in [4.69, 9.17) is 0 Å². The first kappa shape index (κ1) is 20.4. The molecular weight excluding hydrogens is 380 g/mol. The zero-order chi connectivity index (χ0) is 20.5. The summed E-state index contributed by atoms with van der Waals surface area (Å²) in [6.45, 7) is 1.99. The number of β-amino-alcohol motifs (C(OH)–C–C–N with tert-alkyl or cyclic N) is 1. The number of aryl methyl sites for hydroxylation is 1. The van der Waals surface area contributed by atoms with E-state index < -0.39 is 22.0 Å². The summed E-state index contributed by atoms with van der Waals surface area (Å²) in [7, 11) is -0.567. The van der Waals surface area contributed by atoms with Gasteiger partial charge in [-0.05, 0) is 6.92 Å². The van der Waals surface area contributed by atoms with Crippen molar-refractivity contribution >= 4 is 15.9 Å². The molecule has 2 atom stereocenters. The molecule has 1 fully saturated rings. The highest BCUT2D eigenvalue weighted by Crippen LogP contribution is 2.26. The lowest BCUT2D eigenvalue weighted by Crippen LogP contribution is -2.33. The summed E-state index contributed by atoms with van der Waals surface area (Å²) < 4.78 is 25.4. The lowest BCUT2D eigenvalue weighted by atomic mass is 10.1. The molecule has 1 N–H and O–H groups in total. The van der Waals surface area contributed by atoms with Gasteiger partial charge in [0.1, 0.15) is 5.82 Å². The molecule has 1 aliphatic rings. The molecule has 1 aromatic heterocycles. The van der Waals surface area contributed by atoms with Crippen LogP contribution in [0.25, 0.3) is 11.3 Å². The minimum atomic E-state index is -3.47. The largest absolute Gasteiger partial charge is 0.391 e. The highest BCUT2D eigenvalue weighted by atomic mass is 32.2. The fourth-order valence-corrected chi connectivity index (χ4v) is 4.38. The lowest BCUT2D eigenvalue weighted by Gasteiger charge is -2.19. The SMILES string of the molecule is Cc1ncc(C(=O)N2C[C@@H](CS(=O)(=O)N(C)C)[C@H](O)C2)c(-c2ccccc2)n1. The Balaban J connectivity index is 1.86. The molecule has 3 rings (SSSR count). The Labute approximate surface area is 164 Å². The summed E-state index contributed by atoms with van der Waals surface area (Å²) in [4.78, 5) is 23.2. The van der Waals surface area contributed by atoms with Crippen molar-refractivity contribution in [3.8, 4) is 11.3 Å². The van der Waals surface area contributed by atoms with E-state index in [1.54, 1.807) is 6.92 Å². The van der Waals surface area contributed by atoms with E-state index in [0.29, 0.717) is 17.1 Å². The van der Waals surface area contributed by atoms with Crippen LogP contribution < -0.4 is 0 Å². The molecule has 1 amide bonds. The van der Waals surface area contributed by atoms with Gasteiger partial charge in [-0.25, -0.2) is 22.7 Å². The number of benzene rings is 1. The van der Waals surface area contributed by atoms with Crippen molar-refractivity contribution in [1.82, 2.24) is 19.2 Å². The third kappa shape index (κ3) is 4.21. The summed E-state index contributed by atoms with van der Waals surface area (Å²) in [6.07, 6.45) is 0.591. The molecule has 1 aliphatic heterocycles. The number of likely N-dealkylation sites (tertiary alicyclic amines) is 1. The molecule has 1 saturated heterocycles. The van der Waals surface area contributed by atoms with Gasteiger partial charge in [0.05, 0.1) is 23.1 Å². The summed E-state index contributed by atoms with van der Waals surface area (Å²) in [5.41, 5.74) is 1.65. The normalized spacial score (nSPS) is 20.0. The van der Waals surface area contributed by atoms with Crippen LogP contribution in [0.3, 0.4) is 0 Å². The number of carbonyl (C=O) groups excluding carboxylic acids is 1. The number of rotatable bonds is 5. The van der Waals surface area contributed by atoms with E-state index in [-0.39, 0.29) is 24.7 Å². The predicted octanol–water partition coefficient (Wildman–Crippen LogP) is 0.776. The average molecular weight is 404 g/mol. The topological polar surface area (TPSA) is 104 Å². The smallest absolute Gasteiger partial charge is 0.257 e. The predicted molar refractivity (Wildman–Crippen MR) is 105 cm³/mol. The molecule has 0 aliphatic carbocycles. The molecule has 9 heteroatoms. The van der Waals surface area contributed by atoms with E-state index in [1.165, 1.54) is 25.2 Å². The first-order valence-corrected chi connectivity index (χ1v) is 10.6. The fraction of sp³-hybridized carbons (Fsp3) is 0.421. The van der Waals surface area contributed by atoms with E-state index in [9.17, 15) is 18.3 Å². The number of nitrogens with zero attached hydrogens (tertiary/aromatic N) is 4. The van der Waals surface area contributed by atoms with Gasteiger partial charge in [-0.3, -0.25) is 4.79 Å². The van der Waals surface area contributed by atoms with E-state index in [2.05, 4.69) is 9.97 Å². The van der Waals surface area contributed by atoms with Crippen LogP contribution in [0.15, 0.2) is 36.5 Å².